The Morgan fingerprint density at radius 1 is 1.26 bits per heavy atom. The van der Waals surface area contributed by atoms with Gasteiger partial charge in [0.2, 0.25) is 6.41 Å². The third kappa shape index (κ3) is 5.22. The highest BCUT2D eigenvalue weighted by Gasteiger charge is 2.43. The number of rotatable bonds is 7. The van der Waals surface area contributed by atoms with E-state index in [1.54, 1.807) is 31.4 Å². The molecule has 0 aliphatic carbocycles. The number of piperidine rings is 1. The van der Waals surface area contributed by atoms with Crippen LogP contribution >= 0.6 is 0 Å². The molecule has 0 spiro atoms. The number of benzene rings is 1. The maximum Gasteiger partial charge on any atom is 0.252 e. The van der Waals surface area contributed by atoms with Crippen LogP contribution in [0.15, 0.2) is 42.6 Å². The summed E-state index contributed by atoms with van der Waals surface area (Å²) in [5.41, 5.74) is 0.559. The van der Waals surface area contributed by atoms with Crippen molar-refractivity contribution >= 4 is 11.7 Å². The van der Waals surface area contributed by atoms with Crippen LogP contribution in [0.25, 0.3) is 0 Å². The summed E-state index contributed by atoms with van der Waals surface area (Å²) < 4.78 is 19.7. The monoisotopic (exact) mass is 472 g/mol. The largest absolute Gasteiger partial charge is 0.396 e. The molecule has 4 rings (SSSR count). The Labute approximate surface area is 199 Å². The summed E-state index contributed by atoms with van der Waals surface area (Å²) >= 11 is 0. The second-order valence-corrected chi connectivity index (χ2v) is 8.99. The van der Waals surface area contributed by atoms with E-state index in [1.807, 2.05) is 11.0 Å². The van der Waals surface area contributed by atoms with E-state index >= 15 is 0 Å². The summed E-state index contributed by atoms with van der Waals surface area (Å²) in [5, 5.41) is 23.0. The quantitative estimate of drug-likeness (QED) is 0.568. The van der Waals surface area contributed by atoms with E-state index in [1.165, 1.54) is 12.1 Å². The van der Waals surface area contributed by atoms with Gasteiger partial charge < -0.3 is 25.2 Å². The van der Waals surface area contributed by atoms with Gasteiger partial charge in [-0.15, -0.1) is 0 Å². The molecule has 0 bridgehead atoms. The standard InChI is InChI=1S/C25H33FN4O4/c1-27-23(32)18-5-10-22(28-16-18)29-13-2-4-21(17-29)30-14-12-25(11-3-15-31,34-24(30)33)19-6-8-20(26)9-7-19/h5-10,16,21,24,31,33H,2-4,11-15,17H2,1H3,(H,27,32)/t21-,24?,25+/m0/s1. The second kappa shape index (κ2) is 10.8. The van der Waals surface area contributed by atoms with Gasteiger partial charge >= 0.3 is 0 Å². The second-order valence-electron chi connectivity index (χ2n) is 8.99. The Hall–Kier alpha value is -2.59. The molecular formula is C25H33FN4O4. The number of ether oxygens (including phenoxy) is 1. The van der Waals surface area contributed by atoms with E-state index < -0.39 is 12.0 Å². The molecule has 34 heavy (non-hydrogen) atoms. The minimum absolute atomic E-state index is 0.0232. The van der Waals surface area contributed by atoms with Crippen LogP contribution in [-0.4, -0.2) is 71.7 Å². The Bertz CT molecular complexity index is 958. The van der Waals surface area contributed by atoms with Crippen molar-refractivity contribution < 1.29 is 24.1 Å². The molecule has 184 valence electrons. The van der Waals surface area contributed by atoms with Gasteiger partial charge in [-0.05, 0) is 61.9 Å². The fraction of sp³-hybridized carbons (Fsp3) is 0.520. The number of amides is 1. The topological polar surface area (TPSA) is 98.2 Å². The molecule has 0 radical (unpaired) electrons. The van der Waals surface area contributed by atoms with Gasteiger partial charge in [0.05, 0.1) is 11.2 Å². The van der Waals surface area contributed by atoms with Crippen molar-refractivity contribution in [2.45, 2.75) is 50.2 Å². The molecule has 2 aliphatic heterocycles. The average molecular weight is 473 g/mol. The Balaban J connectivity index is 1.45. The number of carbonyl (C=O) groups is 1. The number of carbonyl (C=O) groups excluding carboxylic acids is 1. The molecule has 2 saturated heterocycles. The Kier molecular flexibility index (Phi) is 7.77. The highest BCUT2D eigenvalue weighted by atomic mass is 19.1. The smallest absolute Gasteiger partial charge is 0.252 e. The average Bonchev–Trinajstić information content (AvgIpc) is 2.87. The van der Waals surface area contributed by atoms with E-state index in [-0.39, 0.29) is 24.4 Å². The molecular weight excluding hydrogens is 439 g/mol. The van der Waals surface area contributed by atoms with Crippen LogP contribution < -0.4 is 10.2 Å². The number of aromatic nitrogens is 1. The predicted octanol–water partition coefficient (Wildman–Crippen LogP) is 2.22. The van der Waals surface area contributed by atoms with Gasteiger partial charge in [-0.25, -0.2) is 9.37 Å². The Morgan fingerprint density at radius 3 is 2.71 bits per heavy atom. The third-order valence-corrected chi connectivity index (χ3v) is 6.92. The van der Waals surface area contributed by atoms with Crippen LogP contribution in [0.5, 0.6) is 0 Å². The number of nitrogens with one attached hydrogen (secondary N) is 1. The summed E-state index contributed by atoms with van der Waals surface area (Å²) in [5.74, 6) is 0.307. The van der Waals surface area contributed by atoms with Crippen LogP contribution in [0.1, 0.15) is 48.0 Å². The number of anilines is 1. The first-order chi connectivity index (χ1) is 16.5. The number of hydrogen-bond donors (Lipinski definition) is 3. The van der Waals surface area contributed by atoms with Gasteiger partial charge in [-0.3, -0.25) is 9.69 Å². The van der Waals surface area contributed by atoms with E-state index in [0.29, 0.717) is 37.9 Å². The normalized spacial score (nSPS) is 25.8. The van der Waals surface area contributed by atoms with Crippen molar-refractivity contribution in [2.75, 3.05) is 38.2 Å². The number of nitrogens with zero attached hydrogens (tertiary/aromatic N) is 3. The molecule has 1 aromatic heterocycles. The van der Waals surface area contributed by atoms with Gasteiger partial charge in [0.15, 0.2) is 0 Å². The molecule has 1 amide bonds. The lowest BCUT2D eigenvalue weighted by atomic mass is 9.84. The van der Waals surface area contributed by atoms with Crippen LogP contribution in [0, 0.1) is 5.82 Å². The zero-order valence-corrected chi connectivity index (χ0v) is 19.5. The molecule has 3 atom stereocenters. The lowest BCUT2D eigenvalue weighted by Crippen LogP contribution is -2.58. The van der Waals surface area contributed by atoms with Crippen LogP contribution in [0.4, 0.5) is 10.2 Å². The van der Waals surface area contributed by atoms with Crippen LogP contribution in [-0.2, 0) is 10.3 Å². The number of halogens is 1. The van der Waals surface area contributed by atoms with Gasteiger partial charge in [-0.1, -0.05) is 12.1 Å². The van der Waals surface area contributed by atoms with E-state index in [9.17, 15) is 19.4 Å². The van der Waals surface area contributed by atoms with Crippen molar-refractivity contribution in [3.8, 4) is 0 Å². The summed E-state index contributed by atoms with van der Waals surface area (Å²) in [6.45, 7) is 2.18. The van der Waals surface area contributed by atoms with Crippen LogP contribution in [0.3, 0.4) is 0 Å². The molecule has 0 saturated carbocycles. The van der Waals surface area contributed by atoms with Gasteiger partial charge in [0.25, 0.3) is 5.91 Å². The van der Waals surface area contributed by atoms with Crippen LogP contribution in [0.2, 0.25) is 0 Å². The maximum atomic E-state index is 13.5. The first-order valence-electron chi connectivity index (χ1n) is 11.9. The lowest BCUT2D eigenvalue weighted by molar-refractivity contribution is -0.299. The van der Waals surface area contributed by atoms with Crippen molar-refractivity contribution in [3.05, 3.63) is 59.5 Å². The van der Waals surface area contributed by atoms with Gasteiger partial charge in [0.1, 0.15) is 11.6 Å². The minimum Gasteiger partial charge on any atom is -0.396 e. The summed E-state index contributed by atoms with van der Waals surface area (Å²) in [6, 6.07) is 9.90. The molecule has 1 unspecified atom stereocenters. The highest BCUT2D eigenvalue weighted by molar-refractivity contribution is 5.93. The number of aliphatic hydroxyl groups excluding tert-OH is 2. The molecule has 2 aliphatic rings. The minimum atomic E-state index is -1.11. The van der Waals surface area contributed by atoms with Gasteiger partial charge in [-0.2, -0.15) is 0 Å². The summed E-state index contributed by atoms with van der Waals surface area (Å²) in [7, 11) is 1.59. The molecule has 2 fully saturated rings. The molecule has 3 heterocycles. The summed E-state index contributed by atoms with van der Waals surface area (Å²) in [4.78, 5) is 20.4. The van der Waals surface area contributed by atoms with Crippen molar-refractivity contribution in [3.63, 3.8) is 0 Å². The molecule has 9 heteroatoms. The van der Waals surface area contributed by atoms with E-state index in [2.05, 4.69) is 15.2 Å². The Morgan fingerprint density at radius 2 is 2.06 bits per heavy atom. The SMILES string of the molecule is CNC(=O)c1ccc(N2CCC[C@H](N3CC[C@](CCCO)(c4ccc(F)cc4)OC3O)C2)nc1. The first-order valence-corrected chi connectivity index (χ1v) is 11.9. The molecule has 2 aromatic rings. The first kappa shape index (κ1) is 24.5. The molecule has 1 aromatic carbocycles. The fourth-order valence-electron chi connectivity index (χ4n) is 5.06. The van der Waals surface area contributed by atoms with Crippen molar-refractivity contribution in [1.82, 2.24) is 15.2 Å². The maximum absolute atomic E-state index is 13.5. The zero-order chi connectivity index (χ0) is 24.1. The van der Waals surface area contributed by atoms with E-state index in [0.717, 1.165) is 30.8 Å². The third-order valence-electron chi connectivity index (χ3n) is 6.92. The molecule has 8 nitrogen and oxygen atoms in total. The van der Waals surface area contributed by atoms with Crippen molar-refractivity contribution in [2.24, 2.45) is 0 Å². The number of hydrogen-bond acceptors (Lipinski definition) is 7. The zero-order valence-electron chi connectivity index (χ0n) is 19.5. The number of aliphatic hydroxyl groups is 2. The molecule has 3 N–H and O–H groups in total. The fourth-order valence-corrected chi connectivity index (χ4v) is 5.06. The summed E-state index contributed by atoms with van der Waals surface area (Å²) in [6.07, 6.45) is 4.04. The number of pyridine rings is 1. The predicted molar refractivity (Wildman–Crippen MR) is 126 cm³/mol. The van der Waals surface area contributed by atoms with E-state index in [4.69, 9.17) is 4.74 Å². The highest BCUT2D eigenvalue weighted by Crippen LogP contribution is 2.40. The van der Waals surface area contributed by atoms with Crippen molar-refractivity contribution in [1.29, 1.82) is 0 Å². The van der Waals surface area contributed by atoms with Gasteiger partial charge in [0, 0.05) is 45.5 Å². The lowest BCUT2D eigenvalue weighted by Gasteiger charge is -2.49.